The lowest BCUT2D eigenvalue weighted by molar-refractivity contribution is -0.130. The molecule has 4 nitrogen and oxygen atoms in total. The van der Waals surface area contributed by atoms with E-state index in [0.29, 0.717) is 48.3 Å². The van der Waals surface area contributed by atoms with Crippen LogP contribution in [0.3, 0.4) is 0 Å². The van der Waals surface area contributed by atoms with Gasteiger partial charge in [-0.3, -0.25) is 14.5 Å². The number of piperazine rings is 1. The second kappa shape index (κ2) is 6.57. The van der Waals surface area contributed by atoms with Crippen LogP contribution in [0.15, 0.2) is 18.2 Å². The lowest BCUT2D eigenvalue weighted by Gasteiger charge is -2.33. The van der Waals surface area contributed by atoms with E-state index < -0.39 is 0 Å². The van der Waals surface area contributed by atoms with Gasteiger partial charge in [-0.1, -0.05) is 23.2 Å². The molecule has 0 saturated carbocycles. The van der Waals surface area contributed by atoms with Gasteiger partial charge in [0.25, 0.3) is 0 Å². The van der Waals surface area contributed by atoms with Crippen molar-refractivity contribution in [1.29, 1.82) is 0 Å². The van der Waals surface area contributed by atoms with Crippen molar-refractivity contribution in [3.63, 3.8) is 0 Å². The highest BCUT2D eigenvalue weighted by Gasteiger charge is 2.20. The highest BCUT2D eigenvalue weighted by Crippen LogP contribution is 2.23. The van der Waals surface area contributed by atoms with Crippen LogP contribution in [0.5, 0.6) is 0 Å². The summed E-state index contributed by atoms with van der Waals surface area (Å²) in [6.07, 6.45) is 0. The van der Waals surface area contributed by atoms with E-state index in [0.717, 1.165) is 0 Å². The van der Waals surface area contributed by atoms with Crippen molar-refractivity contribution < 1.29 is 9.59 Å². The molecule has 108 valence electrons. The summed E-state index contributed by atoms with van der Waals surface area (Å²) >= 11 is 11.7. The Labute approximate surface area is 128 Å². The van der Waals surface area contributed by atoms with Crippen molar-refractivity contribution in [3.8, 4) is 0 Å². The van der Waals surface area contributed by atoms with Crippen molar-refractivity contribution >= 4 is 34.9 Å². The lowest BCUT2D eigenvalue weighted by atomic mass is 10.1. The molecule has 0 atom stereocenters. The van der Waals surface area contributed by atoms with E-state index in [9.17, 15) is 9.59 Å². The Kier molecular flexibility index (Phi) is 5.02. The molecule has 1 aliphatic heterocycles. The molecule has 0 aromatic heterocycles. The lowest BCUT2D eigenvalue weighted by Crippen LogP contribution is -2.49. The van der Waals surface area contributed by atoms with Crippen LogP contribution < -0.4 is 0 Å². The predicted octanol–water partition coefficient (Wildman–Crippen LogP) is 2.34. The molecule has 0 bridgehead atoms. The van der Waals surface area contributed by atoms with E-state index in [1.54, 1.807) is 30.0 Å². The standard InChI is InChI=1S/C14H16Cl2N2O2/c1-10(19)18-6-4-17(5-7-18)9-14(20)11-2-3-12(15)13(16)8-11/h2-3,8H,4-7,9H2,1H3. The van der Waals surface area contributed by atoms with Gasteiger partial charge >= 0.3 is 0 Å². The van der Waals surface area contributed by atoms with E-state index in [1.807, 2.05) is 4.90 Å². The molecule has 0 N–H and O–H groups in total. The summed E-state index contributed by atoms with van der Waals surface area (Å²) in [4.78, 5) is 27.2. The number of carbonyl (C=O) groups is 2. The van der Waals surface area contributed by atoms with Crippen LogP contribution in [-0.2, 0) is 4.79 Å². The molecule has 0 spiro atoms. The van der Waals surface area contributed by atoms with E-state index in [2.05, 4.69) is 0 Å². The predicted molar refractivity (Wildman–Crippen MR) is 79.5 cm³/mol. The quantitative estimate of drug-likeness (QED) is 0.804. The van der Waals surface area contributed by atoms with Crippen LogP contribution in [0.2, 0.25) is 10.0 Å². The summed E-state index contributed by atoms with van der Waals surface area (Å²) in [5.74, 6) is 0.0975. The van der Waals surface area contributed by atoms with Crippen molar-refractivity contribution in [2.75, 3.05) is 32.7 Å². The fourth-order valence-corrected chi connectivity index (χ4v) is 2.48. The summed E-state index contributed by atoms with van der Waals surface area (Å²) in [6.45, 7) is 4.67. The molecular formula is C14H16Cl2N2O2. The van der Waals surface area contributed by atoms with Crippen LogP contribution in [0, 0.1) is 0 Å². The van der Waals surface area contributed by atoms with Crippen LogP contribution in [0.4, 0.5) is 0 Å². The fraction of sp³-hybridized carbons (Fsp3) is 0.429. The second-order valence-electron chi connectivity index (χ2n) is 4.83. The van der Waals surface area contributed by atoms with Crippen LogP contribution in [0.25, 0.3) is 0 Å². The molecule has 0 aliphatic carbocycles. The van der Waals surface area contributed by atoms with Gasteiger partial charge < -0.3 is 4.90 Å². The van der Waals surface area contributed by atoms with Crippen LogP contribution in [0.1, 0.15) is 17.3 Å². The molecule has 1 fully saturated rings. The molecule has 20 heavy (non-hydrogen) atoms. The Bertz CT molecular complexity index is 526. The first-order valence-corrected chi connectivity index (χ1v) is 7.19. The second-order valence-corrected chi connectivity index (χ2v) is 5.65. The van der Waals surface area contributed by atoms with E-state index in [-0.39, 0.29) is 11.7 Å². The topological polar surface area (TPSA) is 40.6 Å². The number of halogens is 2. The van der Waals surface area contributed by atoms with Gasteiger partial charge in [0.15, 0.2) is 5.78 Å². The van der Waals surface area contributed by atoms with Gasteiger partial charge in [0.1, 0.15) is 0 Å². The number of nitrogens with zero attached hydrogens (tertiary/aromatic N) is 2. The van der Waals surface area contributed by atoms with Crippen molar-refractivity contribution in [1.82, 2.24) is 9.80 Å². The maximum absolute atomic E-state index is 12.2. The molecule has 1 amide bonds. The van der Waals surface area contributed by atoms with Gasteiger partial charge in [-0.2, -0.15) is 0 Å². The fourth-order valence-electron chi connectivity index (χ4n) is 2.18. The third-order valence-corrected chi connectivity index (χ3v) is 4.17. The molecule has 2 rings (SSSR count). The maximum Gasteiger partial charge on any atom is 0.219 e. The van der Waals surface area contributed by atoms with Gasteiger partial charge in [-0.05, 0) is 18.2 Å². The average Bonchev–Trinajstić information content (AvgIpc) is 2.42. The van der Waals surface area contributed by atoms with Gasteiger partial charge in [0.2, 0.25) is 5.91 Å². The number of benzene rings is 1. The first-order chi connectivity index (χ1) is 9.47. The Balaban J connectivity index is 1.92. The first kappa shape index (κ1) is 15.3. The van der Waals surface area contributed by atoms with Crippen molar-refractivity contribution in [2.24, 2.45) is 0 Å². The van der Waals surface area contributed by atoms with Crippen LogP contribution in [-0.4, -0.2) is 54.2 Å². The molecule has 0 unspecified atom stereocenters. The Morgan fingerprint density at radius 2 is 1.75 bits per heavy atom. The van der Waals surface area contributed by atoms with Crippen molar-refractivity contribution in [2.45, 2.75) is 6.92 Å². The highest BCUT2D eigenvalue weighted by molar-refractivity contribution is 6.42. The molecule has 1 saturated heterocycles. The molecule has 1 aromatic rings. The summed E-state index contributed by atoms with van der Waals surface area (Å²) in [5.41, 5.74) is 0.563. The number of hydrogen-bond acceptors (Lipinski definition) is 3. The molecule has 1 heterocycles. The van der Waals surface area contributed by atoms with Gasteiger partial charge in [-0.25, -0.2) is 0 Å². The number of carbonyl (C=O) groups excluding carboxylic acids is 2. The number of ketones is 1. The van der Waals surface area contributed by atoms with Gasteiger partial charge in [0, 0.05) is 38.7 Å². The molecule has 0 radical (unpaired) electrons. The minimum Gasteiger partial charge on any atom is -0.340 e. The Morgan fingerprint density at radius 1 is 1.10 bits per heavy atom. The summed E-state index contributed by atoms with van der Waals surface area (Å²) < 4.78 is 0. The first-order valence-electron chi connectivity index (χ1n) is 6.43. The molecule has 1 aromatic carbocycles. The zero-order chi connectivity index (χ0) is 14.7. The minimum absolute atomic E-state index is 0.0137. The average molecular weight is 315 g/mol. The van der Waals surface area contributed by atoms with Crippen LogP contribution >= 0.6 is 23.2 Å². The number of amides is 1. The van der Waals surface area contributed by atoms with Gasteiger partial charge in [-0.15, -0.1) is 0 Å². The third-order valence-electron chi connectivity index (χ3n) is 3.43. The number of rotatable bonds is 3. The summed E-state index contributed by atoms with van der Waals surface area (Å²) in [6, 6.07) is 4.91. The molecular weight excluding hydrogens is 299 g/mol. The summed E-state index contributed by atoms with van der Waals surface area (Å²) in [7, 11) is 0. The minimum atomic E-state index is 0.0137. The largest absolute Gasteiger partial charge is 0.340 e. The molecule has 1 aliphatic rings. The maximum atomic E-state index is 12.2. The third kappa shape index (κ3) is 3.72. The zero-order valence-corrected chi connectivity index (χ0v) is 12.7. The van der Waals surface area contributed by atoms with E-state index >= 15 is 0 Å². The zero-order valence-electron chi connectivity index (χ0n) is 11.2. The van der Waals surface area contributed by atoms with E-state index in [4.69, 9.17) is 23.2 Å². The SMILES string of the molecule is CC(=O)N1CCN(CC(=O)c2ccc(Cl)c(Cl)c2)CC1. The number of hydrogen-bond donors (Lipinski definition) is 0. The van der Waals surface area contributed by atoms with Gasteiger partial charge in [0.05, 0.1) is 16.6 Å². The normalized spacial score (nSPS) is 16.2. The summed E-state index contributed by atoms with van der Waals surface area (Å²) in [5, 5.41) is 0.831. The molecule has 6 heteroatoms. The van der Waals surface area contributed by atoms with Crippen molar-refractivity contribution in [3.05, 3.63) is 33.8 Å². The Hall–Kier alpha value is -1.10. The van der Waals surface area contributed by atoms with E-state index in [1.165, 1.54) is 0 Å². The monoisotopic (exact) mass is 314 g/mol. The smallest absolute Gasteiger partial charge is 0.219 e. The highest BCUT2D eigenvalue weighted by atomic mass is 35.5. The Morgan fingerprint density at radius 3 is 2.30 bits per heavy atom. The number of Topliss-reactive ketones (excluding diaryl/α,β-unsaturated/α-hetero) is 1.